The molecule has 160 valence electrons. The van der Waals surface area contributed by atoms with Gasteiger partial charge in [-0.3, -0.25) is 0 Å². The Balaban J connectivity index is 1.67. The number of nitrogens with one attached hydrogen (secondary N) is 2. The lowest BCUT2D eigenvalue weighted by Crippen LogP contribution is -2.42. The Kier molecular flexibility index (Phi) is 5.94. The highest BCUT2D eigenvalue weighted by atomic mass is 32.2. The molecule has 0 unspecified atom stereocenters. The molecule has 0 saturated heterocycles. The van der Waals surface area contributed by atoms with Gasteiger partial charge in [-0.15, -0.1) is 5.10 Å². The molecular weight excluding hydrogens is 410 g/mol. The zero-order valence-corrected chi connectivity index (χ0v) is 17.9. The number of amides is 1. The van der Waals surface area contributed by atoms with Crippen molar-refractivity contribution in [3.8, 4) is 11.4 Å². The summed E-state index contributed by atoms with van der Waals surface area (Å²) in [6, 6.07) is 12.6. The van der Waals surface area contributed by atoms with Crippen molar-refractivity contribution < 1.29 is 22.7 Å². The fraction of sp³-hybridized carbons (Fsp3) is 0.316. The summed E-state index contributed by atoms with van der Waals surface area (Å²) >= 11 is 0. The quantitative estimate of drug-likeness (QED) is 0.611. The van der Waals surface area contributed by atoms with Gasteiger partial charge >= 0.3 is 16.3 Å². The van der Waals surface area contributed by atoms with E-state index in [0.29, 0.717) is 16.8 Å². The van der Waals surface area contributed by atoms with E-state index in [9.17, 15) is 13.2 Å². The SMILES string of the molecule is COc1cccc2c1nnn2-c1ccc(CNS(=O)(=O)NC(=O)OC(C)(C)C)cc1. The molecule has 0 aliphatic rings. The Labute approximate surface area is 174 Å². The van der Waals surface area contributed by atoms with Crippen LogP contribution < -0.4 is 14.2 Å². The molecule has 0 aliphatic heterocycles. The molecule has 2 aromatic carbocycles. The molecule has 0 atom stereocenters. The molecule has 2 N–H and O–H groups in total. The van der Waals surface area contributed by atoms with Crippen LogP contribution in [0.2, 0.25) is 0 Å². The van der Waals surface area contributed by atoms with Crippen LogP contribution in [0.15, 0.2) is 42.5 Å². The monoisotopic (exact) mass is 433 g/mol. The summed E-state index contributed by atoms with van der Waals surface area (Å²) in [4.78, 5) is 11.6. The van der Waals surface area contributed by atoms with E-state index in [1.54, 1.807) is 56.8 Å². The van der Waals surface area contributed by atoms with E-state index in [1.165, 1.54) is 0 Å². The third-order valence-corrected chi connectivity index (χ3v) is 4.88. The molecule has 1 aromatic heterocycles. The standard InChI is InChI=1S/C19H23N5O5S/c1-19(2,3)29-18(25)22-30(26,27)20-12-13-8-10-14(11-9-13)24-15-6-5-7-16(28-4)17(15)21-23-24/h5-11,20H,12H2,1-4H3,(H,22,25). The summed E-state index contributed by atoms with van der Waals surface area (Å²) in [5.41, 5.74) is 2.07. The van der Waals surface area contributed by atoms with E-state index in [4.69, 9.17) is 9.47 Å². The number of aromatic nitrogens is 3. The second-order valence-corrected chi connectivity index (χ2v) is 8.92. The average Bonchev–Trinajstić information content (AvgIpc) is 3.09. The summed E-state index contributed by atoms with van der Waals surface area (Å²) in [7, 11) is -2.49. The number of ether oxygens (including phenoxy) is 2. The molecule has 0 saturated carbocycles. The van der Waals surface area contributed by atoms with Crippen LogP contribution in [0, 0.1) is 0 Å². The van der Waals surface area contributed by atoms with E-state index in [0.717, 1.165) is 11.2 Å². The lowest BCUT2D eigenvalue weighted by atomic mass is 10.2. The lowest BCUT2D eigenvalue weighted by molar-refractivity contribution is 0.0569. The molecule has 0 radical (unpaired) electrons. The van der Waals surface area contributed by atoms with Crippen LogP contribution >= 0.6 is 0 Å². The van der Waals surface area contributed by atoms with Crippen LogP contribution in [0.5, 0.6) is 5.75 Å². The first-order chi connectivity index (χ1) is 14.1. The first-order valence-electron chi connectivity index (χ1n) is 9.06. The molecule has 1 amide bonds. The van der Waals surface area contributed by atoms with Gasteiger partial charge in [0.05, 0.1) is 18.3 Å². The van der Waals surface area contributed by atoms with E-state index in [2.05, 4.69) is 15.0 Å². The normalized spacial score (nSPS) is 12.0. The van der Waals surface area contributed by atoms with Gasteiger partial charge in [-0.25, -0.2) is 14.2 Å². The average molecular weight is 433 g/mol. The zero-order chi connectivity index (χ0) is 21.9. The van der Waals surface area contributed by atoms with Crippen molar-refractivity contribution in [1.29, 1.82) is 0 Å². The van der Waals surface area contributed by atoms with Crippen LogP contribution in [0.1, 0.15) is 26.3 Å². The molecule has 0 bridgehead atoms. The van der Waals surface area contributed by atoms with Gasteiger partial charge in [0.15, 0.2) is 5.52 Å². The first kappa shape index (κ1) is 21.5. The maximum Gasteiger partial charge on any atom is 0.422 e. The molecule has 10 nitrogen and oxygen atoms in total. The van der Waals surface area contributed by atoms with Crippen molar-refractivity contribution >= 4 is 27.3 Å². The van der Waals surface area contributed by atoms with Crippen molar-refractivity contribution in [3.63, 3.8) is 0 Å². The summed E-state index contributed by atoms with van der Waals surface area (Å²) < 4.78 is 40.0. The molecule has 0 spiro atoms. The molecular formula is C19H23N5O5S. The number of fused-ring (bicyclic) bond motifs is 1. The topological polar surface area (TPSA) is 124 Å². The highest BCUT2D eigenvalue weighted by Crippen LogP contribution is 2.24. The van der Waals surface area contributed by atoms with Crippen LogP contribution in [-0.4, -0.2) is 42.2 Å². The molecule has 3 aromatic rings. The lowest BCUT2D eigenvalue weighted by Gasteiger charge is -2.19. The third kappa shape index (κ3) is 5.24. The van der Waals surface area contributed by atoms with Gasteiger partial charge in [-0.1, -0.05) is 23.4 Å². The number of carbonyl (C=O) groups excluding carboxylic acids is 1. The second-order valence-electron chi connectivity index (χ2n) is 7.42. The van der Waals surface area contributed by atoms with Crippen molar-refractivity contribution in [2.45, 2.75) is 32.9 Å². The van der Waals surface area contributed by atoms with Gasteiger partial charge in [-0.05, 0) is 50.6 Å². The molecule has 11 heteroatoms. The van der Waals surface area contributed by atoms with Crippen LogP contribution in [0.25, 0.3) is 16.7 Å². The Hall–Kier alpha value is -3.18. The van der Waals surface area contributed by atoms with Crippen molar-refractivity contribution in [2.75, 3.05) is 7.11 Å². The van der Waals surface area contributed by atoms with Gasteiger partial charge < -0.3 is 9.47 Å². The molecule has 30 heavy (non-hydrogen) atoms. The number of nitrogens with zero attached hydrogens (tertiary/aromatic N) is 3. The van der Waals surface area contributed by atoms with Crippen LogP contribution in [0.3, 0.4) is 0 Å². The van der Waals surface area contributed by atoms with Gasteiger partial charge in [0.1, 0.15) is 11.4 Å². The number of benzene rings is 2. The fourth-order valence-electron chi connectivity index (χ4n) is 2.65. The Morgan fingerprint density at radius 1 is 1.13 bits per heavy atom. The molecule has 0 fully saturated rings. The second kappa shape index (κ2) is 8.28. The van der Waals surface area contributed by atoms with Gasteiger partial charge in [-0.2, -0.15) is 13.1 Å². The number of rotatable bonds is 6. The fourth-order valence-corrected chi connectivity index (χ4v) is 3.34. The number of hydrogen-bond donors (Lipinski definition) is 2. The van der Waals surface area contributed by atoms with Crippen molar-refractivity contribution in [2.24, 2.45) is 0 Å². The number of methoxy groups -OCH3 is 1. The third-order valence-electron chi connectivity index (χ3n) is 3.92. The Morgan fingerprint density at radius 3 is 2.47 bits per heavy atom. The maximum absolute atomic E-state index is 12.0. The summed E-state index contributed by atoms with van der Waals surface area (Å²) in [5, 5.41) is 8.32. The first-order valence-corrected chi connectivity index (χ1v) is 10.5. The van der Waals surface area contributed by atoms with Crippen LogP contribution in [0.4, 0.5) is 4.79 Å². The predicted molar refractivity (Wildman–Crippen MR) is 111 cm³/mol. The summed E-state index contributed by atoms with van der Waals surface area (Å²) in [6.45, 7) is 4.91. The maximum atomic E-state index is 12.0. The van der Waals surface area contributed by atoms with Crippen molar-refractivity contribution in [3.05, 3.63) is 48.0 Å². The van der Waals surface area contributed by atoms with Gasteiger partial charge in [0, 0.05) is 6.54 Å². The number of hydrogen-bond acceptors (Lipinski definition) is 7. The van der Waals surface area contributed by atoms with Crippen molar-refractivity contribution in [1.82, 2.24) is 24.4 Å². The minimum atomic E-state index is -4.06. The summed E-state index contributed by atoms with van der Waals surface area (Å²) in [5.74, 6) is 0.627. The van der Waals surface area contributed by atoms with Gasteiger partial charge in [0.2, 0.25) is 0 Å². The van der Waals surface area contributed by atoms with E-state index >= 15 is 0 Å². The smallest absolute Gasteiger partial charge is 0.422 e. The van der Waals surface area contributed by atoms with E-state index in [1.807, 2.05) is 22.9 Å². The zero-order valence-electron chi connectivity index (χ0n) is 17.0. The van der Waals surface area contributed by atoms with E-state index in [-0.39, 0.29) is 6.54 Å². The minimum Gasteiger partial charge on any atom is -0.494 e. The molecule has 3 rings (SSSR count). The highest BCUT2D eigenvalue weighted by molar-refractivity contribution is 7.88. The molecule has 1 heterocycles. The minimum absolute atomic E-state index is 0.00958. The predicted octanol–water partition coefficient (Wildman–Crippen LogP) is 2.29. The summed E-state index contributed by atoms with van der Waals surface area (Å²) in [6.07, 6.45) is -1.04. The Bertz CT molecular complexity index is 1150. The largest absolute Gasteiger partial charge is 0.494 e. The van der Waals surface area contributed by atoms with Gasteiger partial charge in [0.25, 0.3) is 0 Å². The Morgan fingerprint density at radius 2 is 1.83 bits per heavy atom. The molecule has 0 aliphatic carbocycles. The van der Waals surface area contributed by atoms with Crippen LogP contribution in [-0.2, 0) is 21.5 Å². The highest BCUT2D eigenvalue weighted by Gasteiger charge is 2.21. The number of carbonyl (C=O) groups is 1. The van der Waals surface area contributed by atoms with E-state index < -0.39 is 21.9 Å².